The Bertz CT molecular complexity index is 518. The Labute approximate surface area is 128 Å². The molecule has 2 heteroatoms. The Morgan fingerprint density at radius 2 is 1.57 bits per heavy atom. The van der Waals surface area contributed by atoms with Crippen molar-refractivity contribution in [2.45, 2.75) is 6.54 Å². The largest absolute Gasteiger partial charge is 0.405 e. The Hall–Kier alpha value is -2.32. The van der Waals surface area contributed by atoms with Gasteiger partial charge in [0.1, 0.15) is 0 Å². The van der Waals surface area contributed by atoms with Crippen molar-refractivity contribution < 1.29 is 0 Å². The van der Waals surface area contributed by atoms with Crippen LogP contribution in [0.3, 0.4) is 0 Å². The fraction of sp³-hybridized carbons (Fsp3) is 0.158. The van der Waals surface area contributed by atoms with Gasteiger partial charge in [-0.1, -0.05) is 66.7 Å². The lowest BCUT2D eigenvalue weighted by Crippen LogP contribution is -2.17. The van der Waals surface area contributed by atoms with E-state index in [0.29, 0.717) is 0 Å². The van der Waals surface area contributed by atoms with Crippen LogP contribution in [0.1, 0.15) is 11.1 Å². The van der Waals surface area contributed by atoms with E-state index in [2.05, 4.69) is 42.8 Å². The minimum absolute atomic E-state index is 0.939. The Morgan fingerprint density at radius 3 is 2.10 bits per heavy atom. The molecule has 2 nitrogen and oxygen atoms in total. The maximum absolute atomic E-state index is 5.18. The lowest BCUT2D eigenvalue weighted by molar-refractivity contribution is 0.363. The highest BCUT2D eigenvalue weighted by molar-refractivity contribution is 5.47. The maximum Gasteiger partial charge on any atom is 0.0233 e. The molecule has 0 amide bonds. The third-order valence-electron chi connectivity index (χ3n) is 2.82. The molecule has 0 radical (unpaired) electrons. The van der Waals surface area contributed by atoms with Crippen LogP contribution >= 0.6 is 0 Å². The number of benzene rings is 2. The van der Waals surface area contributed by atoms with Crippen LogP contribution in [0.25, 0.3) is 6.08 Å². The predicted octanol–water partition coefficient (Wildman–Crippen LogP) is 3.92. The molecule has 21 heavy (non-hydrogen) atoms. The summed E-state index contributed by atoms with van der Waals surface area (Å²) in [6.07, 6.45) is 5.32. The normalized spacial score (nSPS) is 10.2. The van der Waals surface area contributed by atoms with E-state index in [4.69, 9.17) is 5.73 Å². The monoisotopic (exact) mass is 280 g/mol. The van der Waals surface area contributed by atoms with Crippen molar-refractivity contribution in [3.8, 4) is 0 Å². The molecule has 2 aromatic carbocycles. The first kappa shape index (κ1) is 16.7. The zero-order valence-corrected chi connectivity index (χ0v) is 12.7. The van der Waals surface area contributed by atoms with Crippen molar-refractivity contribution in [1.82, 2.24) is 4.90 Å². The fourth-order valence-corrected chi connectivity index (χ4v) is 1.86. The fourth-order valence-electron chi connectivity index (χ4n) is 1.86. The average molecular weight is 280 g/mol. The van der Waals surface area contributed by atoms with Crippen molar-refractivity contribution in [1.29, 1.82) is 0 Å². The summed E-state index contributed by atoms with van der Waals surface area (Å²) < 4.78 is 0. The first-order valence-electron chi connectivity index (χ1n) is 7.03. The second kappa shape index (κ2) is 10.5. The van der Waals surface area contributed by atoms with Gasteiger partial charge in [0.2, 0.25) is 0 Å². The van der Waals surface area contributed by atoms with Crippen molar-refractivity contribution in [2.75, 3.05) is 13.6 Å². The van der Waals surface area contributed by atoms with Crippen LogP contribution in [-0.4, -0.2) is 18.5 Å². The molecular weight excluding hydrogens is 256 g/mol. The quantitative estimate of drug-likeness (QED) is 0.841. The highest BCUT2D eigenvalue weighted by atomic mass is 15.1. The zero-order valence-electron chi connectivity index (χ0n) is 12.7. The second-order valence-electron chi connectivity index (χ2n) is 4.74. The van der Waals surface area contributed by atoms with Crippen LogP contribution in [0.15, 0.2) is 79.5 Å². The molecular formula is C19H24N2. The van der Waals surface area contributed by atoms with Gasteiger partial charge in [-0.3, -0.25) is 4.90 Å². The predicted molar refractivity (Wildman–Crippen MR) is 92.6 cm³/mol. The summed E-state index contributed by atoms with van der Waals surface area (Å²) in [4.78, 5) is 2.22. The van der Waals surface area contributed by atoms with Crippen molar-refractivity contribution in [3.05, 3.63) is 90.6 Å². The van der Waals surface area contributed by atoms with Crippen molar-refractivity contribution in [2.24, 2.45) is 5.73 Å². The smallest absolute Gasteiger partial charge is 0.0233 e. The summed E-state index contributed by atoms with van der Waals surface area (Å²) in [5, 5.41) is 0. The van der Waals surface area contributed by atoms with Gasteiger partial charge in [-0.05, 0) is 30.5 Å². The second-order valence-corrected chi connectivity index (χ2v) is 4.74. The third-order valence-corrected chi connectivity index (χ3v) is 2.82. The molecule has 2 rings (SSSR count). The molecule has 0 fully saturated rings. The van der Waals surface area contributed by atoms with Gasteiger partial charge in [0.25, 0.3) is 0 Å². The molecule has 0 aliphatic carbocycles. The van der Waals surface area contributed by atoms with Gasteiger partial charge < -0.3 is 5.73 Å². The summed E-state index contributed by atoms with van der Waals surface area (Å²) in [5.41, 5.74) is 7.67. The number of likely N-dealkylation sites (N-methyl/N-ethyl adjacent to an activating group) is 1. The number of hydrogen-bond acceptors (Lipinski definition) is 2. The molecule has 0 unspecified atom stereocenters. The summed E-state index contributed by atoms with van der Waals surface area (Å²) in [6, 6.07) is 20.4. The average Bonchev–Trinajstić information content (AvgIpc) is 2.50. The Morgan fingerprint density at radius 1 is 1.00 bits per heavy atom. The standard InChI is InChI=1S/C11H15N.C8H9N/c1-3-9-12(2)10-11-7-5-4-6-8-11;9-7-6-8-4-2-1-3-5-8/h3-8H,1,9-10H2,2H3;1-7H,9H2. The first-order chi connectivity index (χ1) is 10.3. The van der Waals surface area contributed by atoms with E-state index in [1.807, 2.05) is 48.6 Å². The molecule has 0 atom stereocenters. The molecule has 0 heterocycles. The minimum Gasteiger partial charge on any atom is -0.405 e. The molecule has 0 spiro atoms. The lowest BCUT2D eigenvalue weighted by atomic mass is 10.2. The topological polar surface area (TPSA) is 29.3 Å². The van der Waals surface area contributed by atoms with Gasteiger partial charge in [0, 0.05) is 13.1 Å². The molecule has 2 N–H and O–H groups in total. The summed E-state index contributed by atoms with van der Waals surface area (Å²) in [6.45, 7) is 5.63. The zero-order chi connectivity index (χ0) is 15.3. The van der Waals surface area contributed by atoms with Gasteiger partial charge in [-0.25, -0.2) is 0 Å². The molecule has 0 aromatic heterocycles. The number of nitrogens with zero attached hydrogens (tertiary/aromatic N) is 1. The van der Waals surface area contributed by atoms with Gasteiger partial charge in [-0.15, -0.1) is 6.58 Å². The van der Waals surface area contributed by atoms with Gasteiger partial charge in [0.05, 0.1) is 0 Å². The number of rotatable bonds is 5. The lowest BCUT2D eigenvalue weighted by Gasteiger charge is -2.13. The molecule has 0 aliphatic rings. The van der Waals surface area contributed by atoms with E-state index in [1.54, 1.807) is 0 Å². The molecule has 0 bridgehead atoms. The Balaban J connectivity index is 0.000000219. The molecule has 0 saturated heterocycles. The molecule has 0 saturated carbocycles. The van der Waals surface area contributed by atoms with E-state index >= 15 is 0 Å². The van der Waals surface area contributed by atoms with Crippen molar-refractivity contribution in [3.63, 3.8) is 0 Å². The maximum atomic E-state index is 5.18. The third kappa shape index (κ3) is 7.75. The van der Waals surface area contributed by atoms with E-state index in [-0.39, 0.29) is 0 Å². The van der Waals surface area contributed by atoms with Crippen LogP contribution in [0, 0.1) is 0 Å². The number of hydrogen-bond donors (Lipinski definition) is 1. The number of nitrogens with two attached hydrogens (primary N) is 1. The van der Waals surface area contributed by atoms with Crippen LogP contribution in [-0.2, 0) is 6.54 Å². The minimum atomic E-state index is 0.939. The van der Waals surface area contributed by atoms with Gasteiger partial charge >= 0.3 is 0 Å². The molecule has 110 valence electrons. The summed E-state index contributed by atoms with van der Waals surface area (Å²) >= 11 is 0. The SMILES string of the molecule is C=CCN(C)Cc1ccccc1.NC=Cc1ccccc1. The van der Waals surface area contributed by atoms with E-state index < -0.39 is 0 Å². The molecule has 2 aromatic rings. The van der Waals surface area contributed by atoms with Crippen LogP contribution in [0.4, 0.5) is 0 Å². The van der Waals surface area contributed by atoms with Crippen LogP contribution in [0.2, 0.25) is 0 Å². The van der Waals surface area contributed by atoms with E-state index in [1.165, 1.54) is 11.8 Å². The summed E-state index contributed by atoms with van der Waals surface area (Å²) in [7, 11) is 2.09. The Kier molecular flexibility index (Phi) is 8.34. The van der Waals surface area contributed by atoms with Crippen molar-refractivity contribution >= 4 is 6.08 Å². The highest BCUT2D eigenvalue weighted by Gasteiger charge is 1.95. The van der Waals surface area contributed by atoms with Crippen LogP contribution < -0.4 is 5.73 Å². The first-order valence-corrected chi connectivity index (χ1v) is 7.03. The van der Waals surface area contributed by atoms with Gasteiger partial charge in [0.15, 0.2) is 0 Å². The molecule has 0 aliphatic heterocycles. The van der Waals surface area contributed by atoms with E-state index in [9.17, 15) is 0 Å². The highest BCUT2D eigenvalue weighted by Crippen LogP contribution is 2.01. The summed E-state index contributed by atoms with van der Waals surface area (Å²) in [5.74, 6) is 0. The van der Waals surface area contributed by atoms with Gasteiger partial charge in [-0.2, -0.15) is 0 Å². The van der Waals surface area contributed by atoms with E-state index in [0.717, 1.165) is 18.7 Å². The van der Waals surface area contributed by atoms with Crippen LogP contribution in [0.5, 0.6) is 0 Å².